The Hall–Kier alpha value is -1.36. The maximum atomic E-state index is 11.9. The number of fused-ring (bicyclic) bond motifs is 1. The average molecular weight is 295 g/mol. The van der Waals surface area contributed by atoms with Crippen LogP contribution in [0.15, 0.2) is 23.1 Å². The van der Waals surface area contributed by atoms with Gasteiger partial charge in [-0.3, -0.25) is 4.79 Å². The van der Waals surface area contributed by atoms with Crippen molar-refractivity contribution < 1.29 is 14.3 Å². The smallest absolute Gasteiger partial charge is 0.233 e. The maximum Gasteiger partial charge on any atom is 0.233 e. The van der Waals surface area contributed by atoms with Crippen LogP contribution in [0.2, 0.25) is 0 Å². The lowest BCUT2D eigenvalue weighted by atomic mass is 10.3. The van der Waals surface area contributed by atoms with Crippen molar-refractivity contribution in [2.75, 3.05) is 13.2 Å². The fourth-order valence-electron chi connectivity index (χ4n) is 1.88. The molecular formula is C15H21NO3S. The SMILES string of the molecule is CC(C)NC(=O)C(C)Sc1ccc2c(c1)OCCCO2. The molecule has 1 heterocycles. The highest BCUT2D eigenvalue weighted by atomic mass is 32.2. The van der Waals surface area contributed by atoms with Crippen LogP contribution in [0.25, 0.3) is 0 Å². The predicted octanol–water partition coefficient (Wildman–Crippen LogP) is 2.85. The van der Waals surface area contributed by atoms with Crippen LogP contribution in [0, 0.1) is 0 Å². The van der Waals surface area contributed by atoms with Gasteiger partial charge in [0.1, 0.15) is 0 Å². The van der Waals surface area contributed by atoms with Crippen molar-refractivity contribution in [3.05, 3.63) is 18.2 Å². The molecule has 1 N–H and O–H groups in total. The summed E-state index contributed by atoms with van der Waals surface area (Å²) in [5.74, 6) is 1.60. The average Bonchev–Trinajstić information content (AvgIpc) is 2.62. The maximum absolute atomic E-state index is 11.9. The van der Waals surface area contributed by atoms with Gasteiger partial charge >= 0.3 is 0 Å². The Labute approximate surface area is 124 Å². The third kappa shape index (κ3) is 4.07. The lowest BCUT2D eigenvalue weighted by Gasteiger charge is -2.15. The zero-order valence-electron chi connectivity index (χ0n) is 12.1. The van der Waals surface area contributed by atoms with E-state index in [9.17, 15) is 4.79 Å². The highest BCUT2D eigenvalue weighted by Gasteiger charge is 2.17. The molecule has 110 valence electrons. The molecule has 0 spiro atoms. The molecule has 20 heavy (non-hydrogen) atoms. The van der Waals surface area contributed by atoms with E-state index in [1.807, 2.05) is 39.0 Å². The van der Waals surface area contributed by atoms with Crippen LogP contribution in [0.4, 0.5) is 0 Å². The van der Waals surface area contributed by atoms with Crippen molar-refractivity contribution in [3.63, 3.8) is 0 Å². The molecule has 1 unspecified atom stereocenters. The van der Waals surface area contributed by atoms with Crippen molar-refractivity contribution in [2.24, 2.45) is 0 Å². The van der Waals surface area contributed by atoms with E-state index in [0.29, 0.717) is 13.2 Å². The standard InChI is InChI=1S/C15H21NO3S/c1-10(2)16-15(17)11(3)20-12-5-6-13-14(9-12)19-8-4-7-18-13/h5-6,9-11H,4,7-8H2,1-3H3,(H,16,17). The van der Waals surface area contributed by atoms with Crippen LogP contribution in [-0.4, -0.2) is 30.4 Å². The number of amides is 1. The molecule has 5 heteroatoms. The van der Waals surface area contributed by atoms with Gasteiger partial charge < -0.3 is 14.8 Å². The normalized spacial score (nSPS) is 15.6. The topological polar surface area (TPSA) is 47.6 Å². The largest absolute Gasteiger partial charge is 0.490 e. The Balaban J connectivity index is 2.03. The van der Waals surface area contributed by atoms with E-state index < -0.39 is 0 Å². The third-order valence-corrected chi connectivity index (χ3v) is 3.93. The molecule has 1 atom stereocenters. The molecule has 0 aromatic heterocycles. The molecule has 0 saturated carbocycles. The molecule has 1 aromatic carbocycles. The Morgan fingerprint density at radius 2 is 1.90 bits per heavy atom. The summed E-state index contributed by atoms with van der Waals surface area (Å²) in [4.78, 5) is 12.9. The van der Waals surface area contributed by atoms with E-state index in [1.165, 1.54) is 11.8 Å². The number of hydrogen-bond donors (Lipinski definition) is 1. The fourth-order valence-corrected chi connectivity index (χ4v) is 2.78. The summed E-state index contributed by atoms with van der Waals surface area (Å²) in [7, 11) is 0. The summed E-state index contributed by atoms with van der Waals surface area (Å²) in [5, 5.41) is 2.78. The van der Waals surface area contributed by atoms with E-state index in [1.54, 1.807) is 0 Å². The molecule has 0 fully saturated rings. The Kier molecular flexibility index (Phi) is 5.17. The number of thioether (sulfide) groups is 1. The van der Waals surface area contributed by atoms with Crippen molar-refractivity contribution in [1.29, 1.82) is 0 Å². The van der Waals surface area contributed by atoms with Gasteiger partial charge in [-0.1, -0.05) is 0 Å². The Morgan fingerprint density at radius 1 is 1.20 bits per heavy atom. The predicted molar refractivity (Wildman–Crippen MR) is 80.6 cm³/mol. The van der Waals surface area contributed by atoms with Crippen LogP contribution in [0.1, 0.15) is 27.2 Å². The molecule has 1 amide bonds. The van der Waals surface area contributed by atoms with Crippen LogP contribution in [0.3, 0.4) is 0 Å². The molecule has 1 aliphatic heterocycles. The number of benzene rings is 1. The fraction of sp³-hybridized carbons (Fsp3) is 0.533. The van der Waals surface area contributed by atoms with Crippen molar-refractivity contribution in [2.45, 2.75) is 43.4 Å². The minimum absolute atomic E-state index is 0.0529. The van der Waals surface area contributed by atoms with E-state index in [4.69, 9.17) is 9.47 Å². The molecule has 1 aliphatic rings. The first-order chi connectivity index (χ1) is 9.56. The molecule has 1 aromatic rings. The molecule has 4 nitrogen and oxygen atoms in total. The van der Waals surface area contributed by atoms with Crippen molar-refractivity contribution in [3.8, 4) is 11.5 Å². The number of rotatable bonds is 4. The number of carbonyl (C=O) groups is 1. The molecule has 0 radical (unpaired) electrons. The molecule has 0 bridgehead atoms. The summed E-state index contributed by atoms with van der Waals surface area (Å²) in [6, 6.07) is 5.99. The lowest BCUT2D eigenvalue weighted by molar-refractivity contribution is -0.120. The van der Waals surface area contributed by atoms with Crippen molar-refractivity contribution >= 4 is 17.7 Å². The lowest BCUT2D eigenvalue weighted by Crippen LogP contribution is -2.35. The van der Waals surface area contributed by atoms with Gasteiger partial charge in [0.05, 0.1) is 18.5 Å². The first-order valence-corrected chi connectivity index (χ1v) is 7.81. The number of nitrogens with one attached hydrogen (secondary N) is 1. The summed E-state index contributed by atoms with van der Waals surface area (Å²) >= 11 is 1.53. The van der Waals surface area contributed by atoms with Gasteiger partial charge in [-0.05, 0) is 39.0 Å². The highest BCUT2D eigenvalue weighted by molar-refractivity contribution is 8.00. The minimum atomic E-state index is -0.137. The van der Waals surface area contributed by atoms with Gasteiger partial charge in [-0.2, -0.15) is 0 Å². The van der Waals surface area contributed by atoms with E-state index in [0.717, 1.165) is 22.8 Å². The number of carbonyl (C=O) groups excluding carboxylic acids is 1. The number of hydrogen-bond acceptors (Lipinski definition) is 4. The third-order valence-electron chi connectivity index (χ3n) is 2.83. The van der Waals surface area contributed by atoms with E-state index in [2.05, 4.69) is 5.32 Å². The van der Waals surface area contributed by atoms with Gasteiger partial charge in [0.25, 0.3) is 0 Å². The van der Waals surface area contributed by atoms with Gasteiger partial charge in [0.2, 0.25) is 5.91 Å². The van der Waals surface area contributed by atoms with Crippen LogP contribution in [0.5, 0.6) is 11.5 Å². The van der Waals surface area contributed by atoms with Crippen molar-refractivity contribution in [1.82, 2.24) is 5.32 Å². The molecule has 0 aliphatic carbocycles. The van der Waals surface area contributed by atoms with Gasteiger partial charge in [-0.15, -0.1) is 11.8 Å². The second-order valence-electron chi connectivity index (χ2n) is 5.08. The quantitative estimate of drug-likeness (QED) is 0.868. The summed E-state index contributed by atoms with van der Waals surface area (Å²) < 4.78 is 11.3. The Bertz CT molecular complexity index is 476. The summed E-state index contributed by atoms with van der Waals surface area (Å²) in [5.41, 5.74) is 0. The number of ether oxygens (including phenoxy) is 2. The minimum Gasteiger partial charge on any atom is -0.490 e. The second-order valence-corrected chi connectivity index (χ2v) is 6.50. The molecule has 0 saturated heterocycles. The monoisotopic (exact) mass is 295 g/mol. The summed E-state index contributed by atoms with van der Waals surface area (Å²) in [6.07, 6.45) is 0.893. The van der Waals surface area contributed by atoms with E-state index in [-0.39, 0.29) is 17.2 Å². The second kappa shape index (κ2) is 6.88. The van der Waals surface area contributed by atoms with Crippen LogP contribution >= 0.6 is 11.8 Å². The molecular weight excluding hydrogens is 274 g/mol. The van der Waals surface area contributed by atoms with Crippen LogP contribution < -0.4 is 14.8 Å². The van der Waals surface area contributed by atoms with Gasteiger partial charge in [0, 0.05) is 17.4 Å². The van der Waals surface area contributed by atoms with Gasteiger partial charge in [0.15, 0.2) is 11.5 Å². The summed E-state index contributed by atoms with van der Waals surface area (Å²) in [6.45, 7) is 7.19. The zero-order valence-corrected chi connectivity index (χ0v) is 13.0. The zero-order chi connectivity index (χ0) is 14.5. The Morgan fingerprint density at radius 3 is 2.60 bits per heavy atom. The first kappa shape index (κ1) is 15.0. The van der Waals surface area contributed by atoms with E-state index >= 15 is 0 Å². The first-order valence-electron chi connectivity index (χ1n) is 6.93. The highest BCUT2D eigenvalue weighted by Crippen LogP contribution is 2.35. The van der Waals surface area contributed by atoms with Crippen LogP contribution in [-0.2, 0) is 4.79 Å². The van der Waals surface area contributed by atoms with Gasteiger partial charge in [-0.25, -0.2) is 0 Å². The molecule has 2 rings (SSSR count).